The number of rotatable bonds is 6. The first kappa shape index (κ1) is 26.1. The fourth-order valence-corrected chi connectivity index (χ4v) is 8.69. The zero-order valence-corrected chi connectivity index (χ0v) is 30.6. The van der Waals surface area contributed by atoms with Crippen molar-refractivity contribution in [3.05, 3.63) is 172 Å². The van der Waals surface area contributed by atoms with Crippen LogP contribution in [0.4, 0.5) is 0 Å². The van der Waals surface area contributed by atoms with E-state index < -0.39 is 13.8 Å². The second kappa shape index (κ2) is 12.7. The zero-order valence-electron chi connectivity index (χ0n) is 34.3. The van der Waals surface area contributed by atoms with Gasteiger partial charge in [0.2, 0.25) is 0 Å². The smallest absolute Gasteiger partial charge is 0.238 e. The fraction of sp³-hybridized carbons (Fsp3) is 0.106. The third kappa shape index (κ3) is 5.33. The molecular formula is C47H34N4OPt-2. The Balaban J connectivity index is 1.10. The van der Waals surface area contributed by atoms with Crippen LogP contribution in [0.1, 0.15) is 37.4 Å². The SMILES string of the molecule is [2H]C([2H])([2H])c1cc(-n2c3[c-]c(Oc4[c-]c5c(cc4)CCC5n4[c](=[Pt])n(C([2H])([2H])[2H])c5ccccc54)ccc3c3cc(-c4ccccc4)ccc32)ncc1-c1ccccc1. The molecule has 0 spiro atoms. The number of aromatic nitrogens is 4. The summed E-state index contributed by atoms with van der Waals surface area (Å²) in [6.45, 7) is -4.74. The number of ether oxygens (including phenoxy) is 1. The molecule has 0 saturated heterocycles. The van der Waals surface area contributed by atoms with Crippen molar-refractivity contribution in [1.29, 1.82) is 0 Å². The third-order valence-corrected chi connectivity index (χ3v) is 11.3. The molecule has 0 saturated carbocycles. The summed E-state index contributed by atoms with van der Waals surface area (Å²) in [6, 6.07) is 50.0. The van der Waals surface area contributed by atoms with E-state index in [1.807, 2.05) is 102 Å². The molecule has 3 heterocycles. The van der Waals surface area contributed by atoms with Gasteiger partial charge in [0.05, 0.1) is 0 Å². The number of para-hydroxylation sites is 2. The molecule has 1 aliphatic carbocycles. The van der Waals surface area contributed by atoms with Crippen LogP contribution in [0.15, 0.2) is 140 Å². The average molecular weight is 872 g/mol. The summed E-state index contributed by atoms with van der Waals surface area (Å²) in [5.41, 5.74) is 8.79. The standard InChI is InChI=1S/C47H34N4O.Pt/c1-31-25-47(48-29-41(31)33-13-7-4-8-14-33)51-43-24-19-35(32-11-5-3-6-12-32)26-40(43)38-22-21-37(28-46(38)51)52-36-20-17-34-18-23-42(39(34)27-36)50-30-49(2)44-15-9-10-16-45(44)50;/h3-17,19-22,24-26,29,42H,18,23H2,1-2H3;/q-2;/i1D3,2D3;. The van der Waals surface area contributed by atoms with Gasteiger partial charge in [0.25, 0.3) is 0 Å². The predicted octanol–water partition coefficient (Wildman–Crippen LogP) is 11.1. The van der Waals surface area contributed by atoms with E-state index in [9.17, 15) is 0 Å². The van der Waals surface area contributed by atoms with Crippen molar-refractivity contribution in [3.8, 4) is 39.6 Å². The normalized spacial score (nSPS) is 16.2. The van der Waals surface area contributed by atoms with E-state index in [-0.39, 0.29) is 11.6 Å². The average Bonchev–Trinajstić information content (AvgIpc) is 3.89. The van der Waals surface area contributed by atoms with E-state index >= 15 is 0 Å². The quantitative estimate of drug-likeness (QED) is 0.156. The summed E-state index contributed by atoms with van der Waals surface area (Å²) in [7, 11) is 0. The van der Waals surface area contributed by atoms with Crippen molar-refractivity contribution in [2.24, 2.45) is 6.98 Å². The minimum atomic E-state index is -2.40. The Kier molecular flexibility index (Phi) is 6.25. The Morgan fingerprint density at radius 2 is 1.49 bits per heavy atom. The second-order valence-corrected chi connectivity index (χ2v) is 14.3. The van der Waals surface area contributed by atoms with Crippen molar-refractivity contribution in [1.82, 2.24) is 18.7 Å². The zero-order chi connectivity index (χ0) is 40.6. The van der Waals surface area contributed by atoms with Gasteiger partial charge in [-0.15, -0.1) is 0 Å². The van der Waals surface area contributed by atoms with E-state index in [2.05, 4.69) is 66.4 Å². The molecule has 0 fully saturated rings. The van der Waals surface area contributed by atoms with Gasteiger partial charge < -0.3 is 0 Å². The van der Waals surface area contributed by atoms with Gasteiger partial charge in [-0.05, 0) is 41.2 Å². The van der Waals surface area contributed by atoms with Gasteiger partial charge in [-0.2, -0.15) is 0 Å². The maximum atomic E-state index is 8.53. The molecule has 260 valence electrons. The van der Waals surface area contributed by atoms with Gasteiger partial charge in [-0.1, -0.05) is 72.8 Å². The minimum Gasteiger partial charge on any atom is -0.238 e. The molecule has 0 amide bonds. The number of hydrogen-bond acceptors (Lipinski definition) is 2. The summed E-state index contributed by atoms with van der Waals surface area (Å²) in [6.07, 6.45) is 3.26. The maximum absolute atomic E-state index is 8.53. The van der Waals surface area contributed by atoms with Crippen LogP contribution < -0.4 is 4.74 Å². The predicted molar refractivity (Wildman–Crippen MR) is 209 cm³/mol. The number of nitrogens with zero attached hydrogens (tertiary/aromatic N) is 4. The van der Waals surface area contributed by atoms with Crippen LogP contribution in [-0.4, -0.2) is 18.7 Å². The summed E-state index contributed by atoms with van der Waals surface area (Å²) in [5.74, 6) is 1.41. The molecule has 1 atom stereocenters. The fourth-order valence-electron chi connectivity index (χ4n) is 7.79. The third-order valence-electron chi connectivity index (χ3n) is 10.3. The van der Waals surface area contributed by atoms with Crippen molar-refractivity contribution >= 4 is 32.8 Å². The van der Waals surface area contributed by atoms with Gasteiger partial charge in [0, 0.05) is 15.9 Å². The van der Waals surface area contributed by atoms with E-state index in [0.717, 1.165) is 62.5 Å². The number of fused-ring (bicyclic) bond motifs is 5. The number of aryl methyl sites for hydroxylation is 3. The Labute approximate surface area is 327 Å². The molecule has 6 aromatic carbocycles. The van der Waals surface area contributed by atoms with Crippen LogP contribution in [-0.2, 0) is 32.8 Å². The molecule has 9 aromatic rings. The molecule has 0 bridgehead atoms. The summed E-state index contributed by atoms with van der Waals surface area (Å²) in [4.78, 5) is 4.89. The van der Waals surface area contributed by atoms with Crippen LogP contribution in [0, 0.1) is 22.8 Å². The molecular weight excluding hydrogens is 832 g/mol. The van der Waals surface area contributed by atoms with Crippen LogP contribution >= 0.6 is 0 Å². The van der Waals surface area contributed by atoms with Gasteiger partial charge in [-0.25, -0.2) is 4.98 Å². The van der Waals surface area contributed by atoms with Crippen molar-refractivity contribution in [2.45, 2.75) is 25.7 Å². The first-order valence-electron chi connectivity index (χ1n) is 20.5. The molecule has 6 heteroatoms. The summed E-state index contributed by atoms with van der Waals surface area (Å²) >= 11 is 2.13. The minimum absolute atomic E-state index is 0.139. The van der Waals surface area contributed by atoms with Crippen molar-refractivity contribution < 1.29 is 32.3 Å². The Hall–Kier alpha value is -5.77. The van der Waals surface area contributed by atoms with E-state index in [1.165, 1.54) is 4.57 Å². The molecule has 5 nitrogen and oxygen atoms in total. The molecule has 1 unspecified atom stereocenters. The van der Waals surface area contributed by atoms with Crippen molar-refractivity contribution in [2.75, 3.05) is 0 Å². The first-order valence-corrected chi connectivity index (χ1v) is 18.6. The van der Waals surface area contributed by atoms with Crippen LogP contribution in [0.3, 0.4) is 0 Å². The summed E-state index contributed by atoms with van der Waals surface area (Å²) in [5, 5.41) is 1.87. The van der Waals surface area contributed by atoms with Crippen LogP contribution in [0.2, 0.25) is 0 Å². The monoisotopic (exact) mass is 871 g/mol. The van der Waals surface area contributed by atoms with Gasteiger partial charge >= 0.3 is 194 Å². The summed E-state index contributed by atoms with van der Waals surface area (Å²) < 4.78 is 63.2. The first-order chi connectivity index (χ1) is 28.4. The van der Waals surface area contributed by atoms with Gasteiger partial charge in [-0.3, -0.25) is 0 Å². The van der Waals surface area contributed by atoms with Crippen LogP contribution in [0.25, 0.3) is 60.9 Å². The van der Waals surface area contributed by atoms with Gasteiger partial charge in [0.15, 0.2) is 0 Å². The van der Waals surface area contributed by atoms with Crippen molar-refractivity contribution in [3.63, 3.8) is 0 Å². The molecule has 1 aliphatic rings. The second-order valence-electron chi connectivity index (χ2n) is 13.3. The van der Waals surface area contributed by atoms with E-state index in [4.69, 9.17) is 17.9 Å². The van der Waals surface area contributed by atoms with E-state index in [0.29, 0.717) is 37.7 Å². The molecule has 3 aromatic heterocycles. The molecule has 53 heavy (non-hydrogen) atoms. The topological polar surface area (TPSA) is 36.9 Å². The van der Waals surface area contributed by atoms with Crippen LogP contribution in [0.5, 0.6) is 11.5 Å². The number of pyridine rings is 1. The number of benzene rings is 6. The van der Waals surface area contributed by atoms with E-state index in [1.54, 1.807) is 12.3 Å². The number of hydrogen-bond donors (Lipinski definition) is 0. The number of imidazole rings is 1. The Morgan fingerprint density at radius 3 is 2.30 bits per heavy atom. The molecule has 10 rings (SSSR count). The Bertz CT molecular complexity index is 3150. The van der Waals surface area contributed by atoms with Gasteiger partial charge in [0.1, 0.15) is 0 Å². The molecule has 0 aliphatic heterocycles. The Morgan fingerprint density at radius 1 is 0.736 bits per heavy atom. The molecule has 0 N–H and O–H groups in total. The molecule has 0 radical (unpaired) electrons.